The number of nitrogens with zero attached hydrogens (tertiary/aromatic N) is 4. The van der Waals surface area contributed by atoms with E-state index in [-0.39, 0.29) is 17.2 Å². The summed E-state index contributed by atoms with van der Waals surface area (Å²) in [7, 11) is 1.48. The van der Waals surface area contributed by atoms with Gasteiger partial charge in [0.2, 0.25) is 5.88 Å². The number of benzene rings is 2. The zero-order valence-electron chi connectivity index (χ0n) is 21.0. The minimum Gasteiger partial charge on any atom is -0.481 e. The summed E-state index contributed by atoms with van der Waals surface area (Å²) in [4.78, 5) is 38.6. The average molecular weight is 530 g/mol. The molecule has 5 rings (SSSR count). The van der Waals surface area contributed by atoms with Crippen molar-refractivity contribution in [2.24, 2.45) is 0 Å². The number of fused-ring (bicyclic) bond motifs is 1. The van der Waals surface area contributed by atoms with E-state index in [1.165, 1.54) is 54.4 Å². The van der Waals surface area contributed by atoms with Crippen LogP contribution in [-0.2, 0) is 0 Å². The van der Waals surface area contributed by atoms with Crippen molar-refractivity contribution in [3.05, 3.63) is 106 Å². The predicted molar refractivity (Wildman–Crippen MR) is 140 cm³/mol. The highest BCUT2D eigenvalue weighted by molar-refractivity contribution is 6.02. The molecule has 3 heterocycles. The van der Waals surface area contributed by atoms with Gasteiger partial charge in [-0.25, -0.2) is 18.7 Å². The molecule has 0 radical (unpaired) electrons. The Kier molecular flexibility index (Phi) is 6.72. The van der Waals surface area contributed by atoms with Crippen molar-refractivity contribution >= 4 is 22.6 Å². The average Bonchev–Trinajstić information content (AvgIpc) is 2.91. The molecule has 0 saturated carbocycles. The van der Waals surface area contributed by atoms with Crippen molar-refractivity contribution in [2.45, 2.75) is 13.8 Å². The Morgan fingerprint density at radius 2 is 1.79 bits per heavy atom. The molecule has 196 valence electrons. The molecule has 0 bridgehead atoms. The second kappa shape index (κ2) is 10.3. The Bertz CT molecular complexity index is 1810. The van der Waals surface area contributed by atoms with Crippen LogP contribution in [0.5, 0.6) is 17.4 Å². The van der Waals surface area contributed by atoms with Gasteiger partial charge in [-0.15, -0.1) is 0 Å². The van der Waals surface area contributed by atoms with Crippen LogP contribution in [0.15, 0.2) is 71.8 Å². The summed E-state index contributed by atoms with van der Waals surface area (Å²) in [5, 5.41) is 2.49. The van der Waals surface area contributed by atoms with Gasteiger partial charge in [-0.1, -0.05) is 0 Å². The largest absolute Gasteiger partial charge is 0.481 e. The Hall–Kier alpha value is -5.19. The number of carbonyl (C=O) groups is 1. The van der Waals surface area contributed by atoms with Crippen molar-refractivity contribution in [1.82, 2.24) is 19.5 Å². The first-order valence-corrected chi connectivity index (χ1v) is 11.7. The fraction of sp³-hybridized carbons (Fsp3) is 0.107. The normalized spacial score (nSPS) is 10.9. The van der Waals surface area contributed by atoms with Crippen molar-refractivity contribution < 1.29 is 23.0 Å². The van der Waals surface area contributed by atoms with E-state index in [2.05, 4.69) is 20.3 Å². The monoisotopic (exact) mass is 529 g/mol. The molecule has 9 nitrogen and oxygen atoms in total. The van der Waals surface area contributed by atoms with E-state index in [1.807, 2.05) is 0 Å². The molecule has 1 amide bonds. The fourth-order valence-electron chi connectivity index (χ4n) is 4.01. The first-order valence-electron chi connectivity index (χ1n) is 11.7. The van der Waals surface area contributed by atoms with Gasteiger partial charge in [0.1, 0.15) is 11.3 Å². The summed E-state index contributed by atoms with van der Waals surface area (Å²) in [6.07, 6.45) is 2.87. The quantitative estimate of drug-likeness (QED) is 0.325. The topological polar surface area (TPSA) is 108 Å². The number of anilines is 1. The van der Waals surface area contributed by atoms with Crippen LogP contribution < -0.4 is 20.3 Å². The maximum absolute atomic E-state index is 15.0. The molecule has 39 heavy (non-hydrogen) atoms. The summed E-state index contributed by atoms with van der Waals surface area (Å²) in [6, 6.07) is 12.7. The van der Waals surface area contributed by atoms with Gasteiger partial charge < -0.3 is 14.8 Å². The molecule has 0 aliphatic rings. The fourth-order valence-corrected chi connectivity index (χ4v) is 4.01. The highest BCUT2D eigenvalue weighted by Gasteiger charge is 2.19. The number of hydrogen-bond acceptors (Lipinski definition) is 7. The summed E-state index contributed by atoms with van der Waals surface area (Å²) < 4.78 is 40.7. The minimum absolute atomic E-state index is 0.0792. The van der Waals surface area contributed by atoms with E-state index in [1.54, 1.807) is 32.0 Å². The van der Waals surface area contributed by atoms with E-state index in [0.717, 1.165) is 6.07 Å². The number of methoxy groups -OCH3 is 1. The zero-order valence-corrected chi connectivity index (χ0v) is 21.0. The van der Waals surface area contributed by atoms with Gasteiger partial charge in [0.15, 0.2) is 23.0 Å². The standard InChI is InChI=1S/C28H21F2N5O4/c1-15-12-17(29)4-7-21(15)35-16(2)14-32-26(28(35)37)27(36)33-18-5-8-22(19(30)13-18)39-23-10-11-31-20-6-9-24(38-3)34-25(20)23/h4-14H,1-3H3,(H,33,36). The summed E-state index contributed by atoms with van der Waals surface area (Å²) in [5.74, 6) is -1.56. The van der Waals surface area contributed by atoms with Crippen molar-refractivity contribution in [1.29, 1.82) is 0 Å². The van der Waals surface area contributed by atoms with Crippen molar-refractivity contribution in [3.8, 4) is 23.1 Å². The van der Waals surface area contributed by atoms with Crippen LogP contribution in [0.3, 0.4) is 0 Å². The SMILES string of the molecule is COc1ccc2nccc(Oc3ccc(NC(=O)c4ncc(C)n(-c5ccc(F)cc5C)c4=O)cc3F)c2n1. The predicted octanol–water partition coefficient (Wildman–Crippen LogP) is 5.12. The van der Waals surface area contributed by atoms with Crippen LogP contribution >= 0.6 is 0 Å². The number of amides is 1. The number of rotatable bonds is 6. The summed E-state index contributed by atoms with van der Waals surface area (Å²) >= 11 is 0. The third-order valence-electron chi connectivity index (χ3n) is 5.89. The third-order valence-corrected chi connectivity index (χ3v) is 5.89. The number of aryl methyl sites for hydroxylation is 2. The molecule has 0 aliphatic carbocycles. The van der Waals surface area contributed by atoms with Gasteiger partial charge in [0, 0.05) is 42.0 Å². The molecule has 2 aromatic carbocycles. The Morgan fingerprint density at radius 1 is 0.974 bits per heavy atom. The Labute approximate surface area is 220 Å². The number of carbonyl (C=O) groups excluding carboxylic acids is 1. The molecule has 0 atom stereocenters. The lowest BCUT2D eigenvalue weighted by Gasteiger charge is -2.14. The number of ether oxygens (including phenoxy) is 2. The van der Waals surface area contributed by atoms with Crippen molar-refractivity contribution in [3.63, 3.8) is 0 Å². The van der Waals surface area contributed by atoms with Crippen LogP contribution in [0.1, 0.15) is 21.7 Å². The molecule has 1 N–H and O–H groups in total. The number of aromatic nitrogens is 4. The lowest BCUT2D eigenvalue weighted by molar-refractivity contribution is 0.102. The number of nitrogens with one attached hydrogen (secondary N) is 1. The summed E-state index contributed by atoms with van der Waals surface area (Å²) in [5.41, 5.74) is 1.26. The van der Waals surface area contributed by atoms with E-state index in [4.69, 9.17) is 9.47 Å². The Balaban J connectivity index is 1.40. The molecule has 3 aromatic heterocycles. The van der Waals surface area contributed by atoms with Crippen LogP contribution in [-0.4, -0.2) is 32.5 Å². The van der Waals surface area contributed by atoms with Gasteiger partial charge >= 0.3 is 0 Å². The lowest BCUT2D eigenvalue weighted by Crippen LogP contribution is -2.31. The van der Waals surface area contributed by atoms with E-state index in [0.29, 0.717) is 33.9 Å². The molecule has 0 spiro atoms. The molecule has 0 aliphatic heterocycles. The van der Waals surface area contributed by atoms with Gasteiger partial charge in [-0.05, 0) is 55.8 Å². The van der Waals surface area contributed by atoms with Gasteiger partial charge in [0.05, 0.1) is 18.3 Å². The molecule has 0 fully saturated rings. The van der Waals surface area contributed by atoms with Crippen molar-refractivity contribution in [2.75, 3.05) is 12.4 Å². The smallest absolute Gasteiger partial charge is 0.286 e. The van der Waals surface area contributed by atoms with E-state index >= 15 is 0 Å². The highest BCUT2D eigenvalue weighted by Crippen LogP contribution is 2.31. The van der Waals surface area contributed by atoms with Crippen LogP contribution in [0.4, 0.5) is 14.5 Å². The molecule has 0 unspecified atom stereocenters. The van der Waals surface area contributed by atoms with E-state index in [9.17, 15) is 18.4 Å². The van der Waals surface area contributed by atoms with Crippen LogP contribution in [0.25, 0.3) is 16.7 Å². The number of pyridine rings is 2. The maximum atomic E-state index is 15.0. The Morgan fingerprint density at radius 3 is 2.54 bits per heavy atom. The molecule has 5 aromatic rings. The third kappa shape index (κ3) is 5.01. The summed E-state index contributed by atoms with van der Waals surface area (Å²) in [6.45, 7) is 3.29. The second-order valence-electron chi connectivity index (χ2n) is 8.55. The number of halogens is 2. The lowest BCUT2D eigenvalue weighted by atomic mass is 10.2. The maximum Gasteiger partial charge on any atom is 0.286 e. The molecule has 0 saturated heterocycles. The molecular formula is C28H21F2N5O4. The zero-order chi connectivity index (χ0) is 27.7. The highest BCUT2D eigenvalue weighted by atomic mass is 19.1. The minimum atomic E-state index is -0.835. The van der Waals surface area contributed by atoms with Gasteiger partial charge in [-0.2, -0.15) is 0 Å². The van der Waals surface area contributed by atoms with Crippen LogP contribution in [0, 0.1) is 25.5 Å². The van der Waals surface area contributed by atoms with Gasteiger partial charge in [0.25, 0.3) is 11.5 Å². The van der Waals surface area contributed by atoms with Crippen LogP contribution in [0.2, 0.25) is 0 Å². The second-order valence-corrected chi connectivity index (χ2v) is 8.55. The number of hydrogen-bond donors (Lipinski definition) is 1. The van der Waals surface area contributed by atoms with Gasteiger partial charge in [-0.3, -0.25) is 19.1 Å². The molecular weight excluding hydrogens is 508 g/mol. The first-order chi connectivity index (χ1) is 18.7. The first kappa shape index (κ1) is 25.5. The van der Waals surface area contributed by atoms with E-state index < -0.39 is 28.8 Å². The molecule has 11 heteroatoms.